The first kappa shape index (κ1) is 21.6. The summed E-state index contributed by atoms with van der Waals surface area (Å²) in [5.41, 5.74) is 1.74. The standard InChI is InChI=1S/C22H27N3O5S/c1-29-16-3-6-18(7-4-16)31(27,28)25-11-9-24(10-12-25)15-22(26)20-14-23-21-8-5-17(30-2)13-19(20)21/h3-8,13-14,22-23,26H,9-12,15H2,1-2H3/t22-/m1/s1. The van der Waals surface area contributed by atoms with Gasteiger partial charge in [0.25, 0.3) is 0 Å². The number of hydrogen-bond donors (Lipinski definition) is 2. The molecular formula is C22H27N3O5S. The number of ether oxygens (including phenoxy) is 2. The molecule has 0 radical (unpaired) electrons. The van der Waals surface area contributed by atoms with Crippen molar-refractivity contribution in [3.63, 3.8) is 0 Å². The van der Waals surface area contributed by atoms with Crippen LogP contribution in [-0.2, 0) is 10.0 Å². The lowest BCUT2D eigenvalue weighted by Crippen LogP contribution is -2.49. The highest BCUT2D eigenvalue weighted by atomic mass is 32.2. The Morgan fingerprint density at radius 3 is 2.29 bits per heavy atom. The van der Waals surface area contributed by atoms with E-state index in [0.29, 0.717) is 38.5 Å². The number of hydrogen-bond acceptors (Lipinski definition) is 6. The molecule has 8 nitrogen and oxygen atoms in total. The Morgan fingerprint density at radius 1 is 1.00 bits per heavy atom. The van der Waals surface area contributed by atoms with Crippen LogP contribution in [0.1, 0.15) is 11.7 Å². The number of aliphatic hydroxyl groups excluding tert-OH is 1. The number of fused-ring (bicyclic) bond motifs is 1. The van der Waals surface area contributed by atoms with E-state index in [4.69, 9.17) is 9.47 Å². The van der Waals surface area contributed by atoms with E-state index < -0.39 is 16.1 Å². The van der Waals surface area contributed by atoms with Gasteiger partial charge in [-0.05, 0) is 42.5 Å². The van der Waals surface area contributed by atoms with Gasteiger partial charge in [-0.25, -0.2) is 8.42 Å². The van der Waals surface area contributed by atoms with Crippen LogP contribution < -0.4 is 9.47 Å². The van der Waals surface area contributed by atoms with Crippen molar-refractivity contribution >= 4 is 20.9 Å². The van der Waals surface area contributed by atoms with Crippen molar-refractivity contribution < 1.29 is 23.0 Å². The fourth-order valence-corrected chi connectivity index (χ4v) is 5.34. The van der Waals surface area contributed by atoms with E-state index in [1.54, 1.807) is 38.5 Å². The van der Waals surface area contributed by atoms with Gasteiger partial charge in [-0.1, -0.05) is 0 Å². The molecule has 0 spiro atoms. The minimum atomic E-state index is -3.55. The van der Waals surface area contributed by atoms with E-state index in [-0.39, 0.29) is 4.90 Å². The first-order chi connectivity index (χ1) is 14.9. The van der Waals surface area contributed by atoms with Gasteiger partial charge < -0.3 is 19.6 Å². The molecule has 0 amide bonds. The summed E-state index contributed by atoms with van der Waals surface area (Å²) in [5.74, 6) is 1.35. The van der Waals surface area contributed by atoms with Gasteiger partial charge in [-0.15, -0.1) is 0 Å². The third-order valence-electron chi connectivity index (χ3n) is 5.74. The first-order valence-electron chi connectivity index (χ1n) is 10.1. The SMILES string of the molecule is COc1ccc(S(=O)(=O)N2CCN(C[C@@H](O)c3c[nH]c4ccc(OC)cc34)CC2)cc1. The second-order valence-corrected chi connectivity index (χ2v) is 9.49. The summed E-state index contributed by atoms with van der Waals surface area (Å²) in [7, 11) is -0.389. The van der Waals surface area contributed by atoms with Gasteiger partial charge in [0, 0.05) is 55.4 Å². The smallest absolute Gasteiger partial charge is 0.243 e. The van der Waals surface area contributed by atoms with E-state index in [2.05, 4.69) is 9.88 Å². The van der Waals surface area contributed by atoms with Crippen molar-refractivity contribution in [1.82, 2.24) is 14.2 Å². The number of aromatic nitrogens is 1. The number of rotatable bonds is 7. The molecule has 0 aliphatic carbocycles. The number of aromatic amines is 1. The highest BCUT2D eigenvalue weighted by Crippen LogP contribution is 2.29. The van der Waals surface area contributed by atoms with Crippen molar-refractivity contribution in [3.8, 4) is 11.5 Å². The molecule has 1 fully saturated rings. The normalized spacial score (nSPS) is 17.0. The summed E-state index contributed by atoms with van der Waals surface area (Å²) in [4.78, 5) is 5.53. The topological polar surface area (TPSA) is 95.1 Å². The summed E-state index contributed by atoms with van der Waals surface area (Å²) >= 11 is 0. The molecule has 2 aromatic carbocycles. The molecule has 1 atom stereocenters. The lowest BCUT2D eigenvalue weighted by Gasteiger charge is -2.34. The molecule has 2 heterocycles. The molecule has 1 aliphatic rings. The second kappa shape index (κ2) is 8.88. The van der Waals surface area contributed by atoms with E-state index >= 15 is 0 Å². The number of benzene rings is 2. The molecule has 4 rings (SSSR count). The summed E-state index contributed by atoms with van der Waals surface area (Å²) in [6.45, 7) is 2.29. The number of aliphatic hydroxyl groups is 1. The second-order valence-electron chi connectivity index (χ2n) is 7.55. The van der Waals surface area contributed by atoms with Crippen LogP contribution in [0.25, 0.3) is 10.9 Å². The maximum absolute atomic E-state index is 12.9. The van der Waals surface area contributed by atoms with Gasteiger partial charge in [-0.2, -0.15) is 4.31 Å². The van der Waals surface area contributed by atoms with Gasteiger partial charge in [0.1, 0.15) is 11.5 Å². The van der Waals surface area contributed by atoms with Crippen LogP contribution in [-0.4, -0.2) is 74.7 Å². The van der Waals surface area contributed by atoms with Gasteiger partial charge in [0.2, 0.25) is 10.0 Å². The summed E-state index contributed by atoms with van der Waals surface area (Å²) < 4.78 is 37.7. The number of methoxy groups -OCH3 is 2. The van der Waals surface area contributed by atoms with Gasteiger partial charge in [0.05, 0.1) is 25.2 Å². The highest BCUT2D eigenvalue weighted by molar-refractivity contribution is 7.89. The molecule has 0 unspecified atom stereocenters. The van der Waals surface area contributed by atoms with Crippen molar-refractivity contribution in [1.29, 1.82) is 0 Å². The Kier molecular flexibility index (Phi) is 6.19. The molecule has 31 heavy (non-hydrogen) atoms. The predicted molar refractivity (Wildman–Crippen MR) is 118 cm³/mol. The molecule has 1 saturated heterocycles. The lowest BCUT2D eigenvalue weighted by molar-refractivity contribution is 0.0930. The Bertz CT molecular complexity index is 1140. The molecule has 3 aromatic rings. The molecule has 166 valence electrons. The van der Waals surface area contributed by atoms with Crippen molar-refractivity contribution in [2.24, 2.45) is 0 Å². The van der Waals surface area contributed by atoms with Crippen LogP contribution in [0.2, 0.25) is 0 Å². The molecular weight excluding hydrogens is 418 g/mol. The zero-order valence-electron chi connectivity index (χ0n) is 17.6. The van der Waals surface area contributed by atoms with Crippen LogP contribution in [0.4, 0.5) is 0 Å². The highest BCUT2D eigenvalue weighted by Gasteiger charge is 2.29. The van der Waals surface area contributed by atoms with E-state index in [0.717, 1.165) is 22.2 Å². The Morgan fingerprint density at radius 2 is 1.65 bits per heavy atom. The van der Waals surface area contributed by atoms with Crippen LogP contribution >= 0.6 is 0 Å². The van der Waals surface area contributed by atoms with Crippen LogP contribution in [0.5, 0.6) is 11.5 Å². The minimum absolute atomic E-state index is 0.259. The Labute approximate surface area is 182 Å². The maximum Gasteiger partial charge on any atom is 0.243 e. The quantitative estimate of drug-likeness (QED) is 0.579. The number of β-amino-alcohol motifs (C(OH)–C–C–N with tert-alkyl or cyclic N) is 1. The Hall–Kier alpha value is -2.59. The van der Waals surface area contributed by atoms with E-state index in [9.17, 15) is 13.5 Å². The molecule has 2 N–H and O–H groups in total. The maximum atomic E-state index is 12.9. The number of nitrogens with one attached hydrogen (secondary N) is 1. The molecule has 0 bridgehead atoms. The van der Waals surface area contributed by atoms with Crippen molar-refractivity contribution in [3.05, 3.63) is 54.2 Å². The lowest BCUT2D eigenvalue weighted by atomic mass is 10.1. The zero-order valence-corrected chi connectivity index (χ0v) is 18.4. The van der Waals surface area contributed by atoms with Crippen molar-refractivity contribution in [2.45, 2.75) is 11.0 Å². The summed E-state index contributed by atoms with van der Waals surface area (Å²) in [6.07, 6.45) is 1.13. The molecule has 1 aliphatic heterocycles. The molecule has 1 aromatic heterocycles. The first-order valence-corrected chi connectivity index (χ1v) is 11.6. The predicted octanol–water partition coefficient (Wildman–Crippen LogP) is 2.22. The molecule has 0 saturated carbocycles. The van der Waals surface area contributed by atoms with E-state index in [1.165, 1.54) is 4.31 Å². The van der Waals surface area contributed by atoms with Gasteiger partial charge in [0.15, 0.2) is 0 Å². The summed E-state index contributed by atoms with van der Waals surface area (Å²) in [5, 5.41) is 11.8. The molecule has 9 heteroatoms. The fourth-order valence-electron chi connectivity index (χ4n) is 3.92. The van der Waals surface area contributed by atoms with Crippen LogP contribution in [0.3, 0.4) is 0 Å². The average Bonchev–Trinajstić information content (AvgIpc) is 3.22. The van der Waals surface area contributed by atoms with Crippen LogP contribution in [0, 0.1) is 0 Å². The fraction of sp³-hybridized carbons (Fsp3) is 0.364. The van der Waals surface area contributed by atoms with Gasteiger partial charge in [-0.3, -0.25) is 4.90 Å². The van der Waals surface area contributed by atoms with Crippen molar-refractivity contribution in [2.75, 3.05) is 46.9 Å². The average molecular weight is 446 g/mol. The number of piperazine rings is 1. The number of nitrogens with zero attached hydrogens (tertiary/aromatic N) is 2. The van der Waals surface area contributed by atoms with E-state index in [1.807, 2.05) is 24.4 Å². The zero-order chi connectivity index (χ0) is 22.0. The largest absolute Gasteiger partial charge is 0.497 e. The third-order valence-corrected chi connectivity index (χ3v) is 7.65. The minimum Gasteiger partial charge on any atom is -0.497 e. The van der Waals surface area contributed by atoms with Gasteiger partial charge >= 0.3 is 0 Å². The number of sulfonamides is 1. The monoisotopic (exact) mass is 445 g/mol. The van der Waals surface area contributed by atoms with Crippen LogP contribution in [0.15, 0.2) is 53.6 Å². The Balaban J connectivity index is 1.40. The third kappa shape index (κ3) is 4.40. The number of H-pyrrole nitrogens is 1. The summed E-state index contributed by atoms with van der Waals surface area (Å²) in [6, 6.07) is 12.1.